The van der Waals surface area contributed by atoms with Crippen LogP contribution in [0.5, 0.6) is 0 Å². The number of benzene rings is 2. The summed E-state index contributed by atoms with van der Waals surface area (Å²) in [5.41, 5.74) is 4.47. The molecule has 1 amide bonds. The van der Waals surface area contributed by atoms with Gasteiger partial charge >= 0.3 is 0 Å². The Bertz CT molecular complexity index is 1030. The van der Waals surface area contributed by atoms with Gasteiger partial charge in [-0.25, -0.2) is 4.98 Å². The van der Waals surface area contributed by atoms with Crippen molar-refractivity contribution in [3.05, 3.63) is 48.5 Å². The normalized spacial score (nSPS) is 19.8. The summed E-state index contributed by atoms with van der Waals surface area (Å²) in [5.74, 6) is 1.47. The molecule has 150 valence electrons. The number of imidazole rings is 1. The first-order valence-electron chi connectivity index (χ1n) is 10.8. The van der Waals surface area contributed by atoms with Gasteiger partial charge in [-0.15, -0.1) is 0 Å². The molecule has 3 heterocycles. The molecule has 0 radical (unpaired) electrons. The fraction of sp³-hybridized carbons (Fsp3) is 0.417. The van der Waals surface area contributed by atoms with Crippen LogP contribution in [-0.2, 0) is 11.8 Å². The van der Waals surface area contributed by atoms with E-state index in [0.29, 0.717) is 5.91 Å². The van der Waals surface area contributed by atoms with E-state index in [0.717, 1.165) is 74.3 Å². The van der Waals surface area contributed by atoms with Crippen LogP contribution >= 0.6 is 0 Å². The van der Waals surface area contributed by atoms with Crippen LogP contribution in [0.4, 0.5) is 5.69 Å². The van der Waals surface area contributed by atoms with E-state index in [1.165, 1.54) is 5.69 Å². The van der Waals surface area contributed by atoms with Gasteiger partial charge in [-0.3, -0.25) is 4.79 Å². The van der Waals surface area contributed by atoms with Crippen molar-refractivity contribution in [3.8, 4) is 11.4 Å². The fourth-order valence-electron chi connectivity index (χ4n) is 4.85. The van der Waals surface area contributed by atoms with Gasteiger partial charge in [0.05, 0.1) is 17.0 Å². The lowest BCUT2D eigenvalue weighted by atomic mass is 9.96. The van der Waals surface area contributed by atoms with Crippen molar-refractivity contribution in [2.24, 2.45) is 13.0 Å². The molecule has 29 heavy (non-hydrogen) atoms. The van der Waals surface area contributed by atoms with Crippen LogP contribution < -0.4 is 4.90 Å². The maximum Gasteiger partial charge on any atom is 0.227 e. The number of nitrogens with zero attached hydrogens (tertiary/aromatic N) is 4. The minimum absolute atomic E-state index is 0.126. The zero-order valence-electron chi connectivity index (χ0n) is 17.1. The van der Waals surface area contributed by atoms with Gasteiger partial charge in [0.1, 0.15) is 5.82 Å². The van der Waals surface area contributed by atoms with Crippen LogP contribution in [0.3, 0.4) is 0 Å². The summed E-state index contributed by atoms with van der Waals surface area (Å²) in [6.45, 7) is 3.71. The Labute approximate surface area is 171 Å². The van der Waals surface area contributed by atoms with Gasteiger partial charge in [-0.2, -0.15) is 0 Å². The Morgan fingerprint density at radius 2 is 1.83 bits per heavy atom. The second kappa shape index (κ2) is 7.54. The maximum absolute atomic E-state index is 12.9. The van der Waals surface area contributed by atoms with Gasteiger partial charge in [0.25, 0.3) is 0 Å². The number of carbonyl (C=O) groups is 1. The summed E-state index contributed by atoms with van der Waals surface area (Å²) >= 11 is 0. The average molecular weight is 389 g/mol. The number of aryl methyl sites for hydroxylation is 1. The van der Waals surface area contributed by atoms with E-state index < -0.39 is 0 Å². The molecule has 0 aliphatic carbocycles. The van der Waals surface area contributed by atoms with Gasteiger partial charge in [0.15, 0.2) is 0 Å². The van der Waals surface area contributed by atoms with E-state index in [1.807, 2.05) is 6.07 Å². The second-order valence-corrected chi connectivity index (χ2v) is 8.35. The summed E-state index contributed by atoms with van der Waals surface area (Å²) < 4.78 is 2.16. The first-order valence-corrected chi connectivity index (χ1v) is 10.8. The number of para-hydroxylation sites is 2. The van der Waals surface area contributed by atoms with Crippen LogP contribution in [-0.4, -0.2) is 46.5 Å². The summed E-state index contributed by atoms with van der Waals surface area (Å²) in [6, 6.07) is 16.9. The Hall–Kier alpha value is -2.82. The van der Waals surface area contributed by atoms with E-state index in [9.17, 15) is 4.79 Å². The predicted molar refractivity (Wildman–Crippen MR) is 117 cm³/mol. The highest BCUT2D eigenvalue weighted by Crippen LogP contribution is 2.30. The van der Waals surface area contributed by atoms with Crippen molar-refractivity contribution < 1.29 is 4.79 Å². The van der Waals surface area contributed by atoms with E-state index in [2.05, 4.69) is 63.9 Å². The molecular formula is C24H28N4O. The number of aromatic nitrogens is 2. The molecule has 2 aromatic carbocycles. The zero-order valence-corrected chi connectivity index (χ0v) is 17.1. The smallest absolute Gasteiger partial charge is 0.227 e. The van der Waals surface area contributed by atoms with Gasteiger partial charge < -0.3 is 14.4 Å². The van der Waals surface area contributed by atoms with E-state index >= 15 is 0 Å². The minimum atomic E-state index is 0.126. The molecule has 3 aromatic rings. The third-order valence-electron chi connectivity index (χ3n) is 6.45. The zero-order chi connectivity index (χ0) is 19.8. The maximum atomic E-state index is 12.9. The molecule has 0 bridgehead atoms. The molecule has 2 aliphatic heterocycles. The lowest BCUT2D eigenvalue weighted by Gasteiger charge is -2.35. The number of piperidine rings is 1. The number of fused-ring (bicyclic) bond motifs is 1. The monoisotopic (exact) mass is 388 g/mol. The first kappa shape index (κ1) is 18.2. The van der Waals surface area contributed by atoms with Crippen LogP contribution in [0, 0.1) is 5.92 Å². The molecular weight excluding hydrogens is 360 g/mol. The number of likely N-dealkylation sites (tertiary alicyclic amines) is 1. The molecule has 2 aliphatic rings. The standard InChI is InChI=1S/C24H28N4O/c1-26-22-12-3-2-11-21(22)25-23(26)18-8-6-10-20(16-18)28-15-7-9-19(17-28)24(29)27-13-4-5-14-27/h2-3,6,8,10-12,16,19H,4-5,7,9,13-15,17H2,1H3/t19-/m0/s1. The Morgan fingerprint density at radius 3 is 2.66 bits per heavy atom. The Morgan fingerprint density at radius 1 is 1.00 bits per heavy atom. The van der Waals surface area contributed by atoms with Crippen molar-refractivity contribution in [3.63, 3.8) is 0 Å². The number of hydrogen-bond acceptors (Lipinski definition) is 3. The molecule has 5 rings (SSSR count). The first-order chi connectivity index (χ1) is 14.2. The molecule has 5 nitrogen and oxygen atoms in total. The largest absolute Gasteiger partial charge is 0.371 e. The highest BCUT2D eigenvalue weighted by Gasteiger charge is 2.30. The van der Waals surface area contributed by atoms with Crippen molar-refractivity contribution >= 4 is 22.6 Å². The lowest BCUT2D eigenvalue weighted by molar-refractivity contribution is -0.134. The molecule has 1 aromatic heterocycles. The molecule has 5 heteroatoms. The summed E-state index contributed by atoms with van der Waals surface area (Å²) in [5, 5.41) is 0. The van der Waals surface area contributed by atoms with Gasteiger partial charge in [-0.1, -0.05) is 24.3 Å². The van der Waals surface area contributed by atoms with Gasteiger partial charge in [0, 0.05) is 44.5 Å². The van der Waals surface area contributed by atoms with Crippen molar-refractivity contribution in [1.82, 2.24) is 14.5 Å². The molecule has 0 unspecified atom stereocenters. The van der Waals surface area contributed by atoms with Crippen LogP contribution in [0.15, 0.2) is 48.5 Å². The third-order valence-corrected chi connectivity index (χ3v) is 6.45. The number of amides is 1. The van der Waals surface area contributed by atoms with Crippen molar-refractivity contribution in [2.45, 2.75) is 25.7 Å². The van der Waals surface area contributed by atoms with Crippen molar-refractivity contribution in [1.29, 1.82) is 0 Å². The number of carbonyl (C=O) groups excluding carboxylic acids is 1. The van der Waals surface area contributed by atoms with E-state index in [4.69, 9.17) is 4.98 Å². The molecule has 0 spiro atoms. The number of hydrogen-bond donors (Lipinski definition) is 0. The van der Waals surface area contributed by atoms with E-state index in [1.54, 1.807) is 0 Å². The van der Waals surface area contributed by atoms with Gasteiger partial charge in [0.2, 0.25) is 5.91 Å². The quantitative estimate of drug-likeness (QED) is 0.679. The average Bonchev–Trinajstić information content (AvgIpc) is 3.42. The SMILES string of the molecule is Cn1c(-c2cccc(N3CCC[C@H](C(=O)N4CCCC4)C3)c2)nc2ccccc21. The summed E-state index contributed by atoms with van der Waals surface area (Å²) in [7, 11) is 2.07. The minimum Gasteiger partial charge on any atom is -0.371 e. The molecule has 2 fully saturated rings. The molecule has 2 saturated heterocycles. The Kier molecular flexibility index (Phi) is 4.74. The fourth-order valence-corrected chi connectivity index (χ4v) is 4.85. The molecule has 1 atom stereocenters. The second-order valence-electron chi connectivity index (χ2n) is 8.35. The Balaban J connectivity index is 1.40. The van der Waals surface area contributed by atoms with Gasteiger partial charge in [-0.05, 0) is 49.9 Å². The van der Waals surface area contributed by atoms with Crippen LogP contribution in [0.1, 0.15) is 25.7 Å². The predicted octanol–water partition coefficient (Wildman–Crippen LogP) is 4.08. The third kappa shape index (κ3) is 3.39. The van der Waals surface area contributed by atoms with Crippen LogP contribution in [0.2, 0.25) is 0 Å². The number of anilines is 1. The highest BCUT2D eigenvalue weighted by molar-refractivity contribution is 5.82. The lowest BCUT2D eigenvalue weighted by Crippen LogP contribution is -2.44. The molecule has 0 N–H and O–H groups in total. The highest BCUT2D eigenvalue weighted by atomic mass is 16.2. The van der Waals surface area contributed by atoms with Crippen LogP contribution in [0.25, 0.3) is 22.4 Å². The summed E-state index contributed by atoms with van der Waals surface area (Å²) in [4.78, 5) is 22.2. The topological polar surface area (TPSA) is 41.4 Å². The van der Waals surface area contributed by atoms with Crippen molar-refractivity contribution in [2.75, 3.05) is 31.1 Å². The number of rotatable bonds is 3. The molecule has 0 saturated carbocycles. The van der Waals surface area contributed by atoms with E-state index in [-0.39, 0.29) is 5.92 Å². The summed E-state index contributed by atoms with van der Waals surface area (Å²) in [6.07, 6.45) is 4.39.